The molecule has 0 spiro atoms. The zero-order valence-electron chi connectivity index (χ0n) is 9.35. The van der Waals surface area contributed by atoms with Crippen LogP contribution in [0.1, 0.15) is 17.1 Å². The van der Waals surface area contributed by atoms with Crippen LogP contribution in [0, 0.1) is 6.92 Å². The lowest BCUT2D eigenvalue weighted by atomic mass is 10.1. The molecule has 2 rings (SSSR count). The number of rotatable bonds is 3. The summed E-state index contributed by atoms with van der Waals surface area (Å²) in [5.74, 6) is 0.775. The van der Waals surface area contributed by atoms with Crippen LogP contribution in [0.15, 0.2) is 36.5 Å². The standard InChI is InChI=1S/C13H15N3/c1-10-15-9-12(14)13(16-10)8-7-11-5-3-2-4-6-11/h2-6,9H,7-8,14H2,1H3. The Kier molecular flexibility index (Phi) is 3.15. The number of benzene rings is 1. The summed E-state index contributed by atoms with van der Waals surface area (Å²) in [5, 5.41) is 0. The minimum Gasteiger partial charge on any atom is -0.396 e. The normalized spacial score (nSPS) is 10.3. The van der Waals surface area contributed by atoms with E-state index in [1.165, 1.54) is 5.56 Å². The first kappa shape index (κ1) is 10.6. The van der Waals surface area contributed by atoms with E-state index < -0.39 is 0 Å². The molecule has 0 aliphatic heterocycles. The Morgan fingerprint density at radius 2 is 1.88 bits per heavy atom. The van der Waals surface area contributed by atoms with Crippen LogP contribution in [0.4, 0.5) is 5.69 Å². The predicted octanol–water partition coefficient (Wildman–Crippen LogP) is 2.15. The number of anilines is 1. The van der Waals surface area contributed by atoms with Crippen molar-refractivity contribution in [1.29, 1.82) is 0 Å². The Bertz CT molecular complexity index is 466. The molecule has 16 heavy (non-hydrogen) atoms. The highest BCUT2D eigenvalue weighted by Crippen LogP contribution is 2.11. The summed E-state index contributed by atoms with van der Waals surface area (Å²) in [6.07, 6.45) is 3.50. The summed E-state index contributed by atoms with van der Waals surface area (Å²) < 4.78 is 0. The molecule has 1 heterocycles. The Morgan fingerprint density at radius 3 is 2.62 bits per heavy atom. The van der Waals surface area contributed by atoms with Gasteiger partial charge < -0.3 is 5.73 Å². The van der Waals surface area contributed by atoms with Crippen LogP contribution in [0.2, 0.25) is 0 Å². The van der Waals surface area contributed by atoms with Gasteiger partial charge in [-0.1, -0.05) is 30.3 Å². The highest BCUT2D eigenvalue weighted by atomic mass is 14.9. The molecular formula is C13H15N3. The van der Waals surface area contributed by atoms with Gasteiger partial charge in [0.2, 0.25) is 0 Å². The largest absolute Gasteiger partial charge is 0.396 e. The number of aromatic nitrogens is 2. The van der Waals surface area contributed by atoms with Crippen LogP contribution in [-0.4, -0.2) is 9.97 Å². The third kappa shape index (κ3) is 2.57. The summed E-state index contributed by atoms with van der Waals surface area (Å²) in [6.45, 7) is 1.88. The van der Waals surface area contributed by atoms with Crippen molar-refractivity contribution in [2.24, 2.45) is 0 Å². The molecule has 82 valence electrons. The number of nitrogen functional groups attached to an aromatic ring is 1. The average Bonchev–Trinajstić information content (AvgIpc) is 2.32. The van der Waals surface area contributed by atoms with Crippen molar-refractivity contribution in [3.8, 4) is 0 Å². The number of aryl methyl sites for hydroxylation is 3. The van der Waals surface area contributed by atoms with Crippen LogP contribution >= 0.6 is 0 Å². The number of nitrogens with two attached hydrogens (primary N) is 1. The van der Waals surface area contributed by atoms with E-state index in [1.807, 2.05) is 25.1 Å². The van der Waals surface area contributed by atoms with Crippen molar-refractivity contribution in [3.05, 3.63) is 53.6 Å². The number of nitrogens with zero attached hydrogens (tertiary/aromatic N) is 2. The first-order valence-electron chi connectivity index (χ1n) is 5.37. The minimum atomic E-state index is 0.682. The van der Waals surface area contributed by atoms with Gasteiger partial charge >= 0.3 is 0 Å². The summed E-state index contributed by atoms with van der Waals surface area (Å²) >= 11 is 0. The van der Waals surface area contributed by atoms with Gasteiger partial charge in [0, 0.05) is 0 Å². The third-order valence-electron chi connectivity index (χ3n) is 2.51. The second-order valence-electron chi connectivity index (χ2n) is 3.80. The topological polar surface area (TPSA) is 51.8 Å². The van der Waals surface area contributed by atoms with Gasteiger partial charge in [0.15, 0.2) is 0 Å². The minimum absolute atomic E-state index is 0.682. The Morgan fingerprint density at radius 1 is 1.12 bits per heavy atom. The van der Waals surface area contributed by atoms with Gasteiger partial charge in [-0.25, -0.2) is 9.97 Å². The molecule has 0 fully saturated rings. The molecule has 0 aliphatic carbocycles. The molecule has 2 N–H and O–H groups in total. The van der Waals surface area contributed by atoms with E-state index in [0.717, 1.165) is 24.4 Å². The van der Waals surface area contributed by atoms with E-state index in [-0.39, 0.29) is 0 Å². The van der Waals surface area contributed by atoms with Crippen LogP contribution in [0.5, 0.6) is 0 Å². The second-order valence-corrected chi connectivity index (χ2v) is 3.80. The molecule has 0 radical (unpaired) electrons. The summed E-state index contributed by atoms with van der Waals surface area (Å²) in [5.41, 5.74) is 8.76. The van der Waals surface area contributed by atoms with E-state index in [9.17, 15) is 0 Å². The Hall–Kier alpha value is -1.90. The molecule has 0 bridgehead atoms. The molecule has 0 aliphatic rings. The molecular weight excluding hydrogens is 198 g/mol. The maximum atomic E-state index is 5.83. The SMILES string of the molecule is Cc1ncc(N)c(CCc2ccccc2)n1. The molecule has 0 unspecified atom stereocenters. The first-order chi connectivity index (χ1) is 7.75. The maximum absolute atomic E-state index is 5.83. The zero-order chi connectivity index (χ0) is 11.4. The lowest BCUT2D eigenvalue weighted by Gasteiger charge is -2.05. The summed E-state index contributed by atoms with van der Waals surface area (Å²) in [6, 6.07) is 10.3. The molecule has 0 saturated heterocycles. The quantitative estimate of drug-likeness (QED) is 0.850. The van der Waals surface area contributed by atoms with E-state index in [2.05, 4.69) is 22.1 Å². The average molecular weight is 213 g/mol. The lowest BCUT2D eigenvalue weighted by molar-refractivity contribution is 0.884. The predicted molar refractivity (Wildman–Crippen MR) is 65.0 cm³/mol. The first-order valence-corrected chi connectivity index (χ1v) is 5.37. The molecule has 1 aromatic carbocycles. The highest BCUT2D eigenvalue weighted by molar-refractivity contribution is 5.40. The van der Waals surface area contributed by atoms with Crippen molar-refractivity contribution in [2.75, 3.05) is 5.73 Å². The van der Waals surface area contributed by atoms with Crippen LogP contribution in [0.3, 0.4) is 0 Å². The maximum Gasteiger partial charge on any atom is 0.125 e. The van der Waals surface area contributed by atoms with Crippen molar-refractivity contribution in [2.45, 2.75) is 19.8 Å². The molecule has 2 aromatic rings. The molecule has 0 amide bonds. The Balaban J connectivity index is 2.08. The second kappa shape index (κ2) is 4.75. The van der Waals surface area contributed by atoms with Crippen molar-refractivity contribution >= 4 is 5.69 Å². The summed E-state index contributed by atoms with van der Waals surface area (Å²) in [7, 11) is 0. The fourth-order valence-corrected chi connectivity index (χ4v) is 1.63. The van der Waals surface area contributed by atoms with Crippen LogP contribution in [-0.2, 0) is 12.8 Å². The van der Waals surface area contributed by atoms with Crippen LogP contribution < -0.4 is 5.73 Å². The van der Waals surface area contributed by atoms with Gasteiger partial charge in [0.1, 0.15) is 5.82 Å². The fraction of sp³-hybridized carbons (Fsp3) is 0.231. The van der Waals surface area contributed by atoms with E-state index in [1.54, 1.807) is 6.20 Å². The van der Waals surface area contributed by atoms with E-state index in [4.69, 9.17) is 5.73 Å². The van der Waals surface area contributed by atoms with Gasteiger partial charge in [-0.15, -0.1) is 0 Å². The number of hydrogen-bond donors (Lipinski definition) is 1. The smallest absolute Gasteiger partial charge is 0.125 e. The van der Waals surface area contributed by atoms with Crippen molar-refractivity contribution < 1.29 is 0 Å². The molecule has 3 nitrogen and oxygen atoms in total. The number of hydrogen-bond acceptors (Lipinski definition) is 3. The third-order valence-corrected chi connectivity index (χ3v) is 2.51. The van der Waals surface area contributed by atoms with Gasteiger partial charge in [-0.05, 0) is 25.3 Å². The zero-order valence-corrected chi connectivity index (χ0v) is 9.35. The summed E-state index contributed by atoms with van der Waals surface area (Å²) in [4.78, 5) is 8.41. The fourth-order valence-electron chi connectivity index (χ4n) is 1.63. The van der Waals surface area contributed by atoms with Gasteiger partial charge in [-0.3, -0.25) is 0 Å². The molecule has 1 aromatic heterocycles. The van der Waals surface area contributed by atoms with Crippen molar-refractivity contribution in [3.63, 3.8) is 0 Å². The monoisotopic (exact) mass is 213 g/mol. The lowest BCUT2D eigenvalue weighted by Crippen LogP contribution is -2.03. The van der Waals surface area contributed by atoms with Gasteiger partial charge in [0.05, 0.1) is 17.6 Å². The highest BCUT2D eigenvalue weighted by Gasteiger charge is 2.02. The van der Waals surface area contributed by atoms with Crippen molar-refractivity contribution in [1.82, 2.24) is 9.97 Å². The van der Waals surface area contributed by atoms with E-state index >= 15 is 0 Å². The molecule has 0 saturated carbocycles. The Labute approximate surface area is 95.4 Å². The van der Waals surface area contributed by atoms with E-state index in [0.29, 0.717) is 5.69 Å². The molecule has 3 heteroatoms. The van der Waals surface area contributed by atoms with Gasteiger partial charge in [-0.2, -0.15) is 0 Å². The van der Waals surface area contributed by atoms with Gasteiger partial charge in [0.25, 0.3) is 0 Å². The molecule has 0 atom stereocenters. The van der Waals surface area contributed by atoms with Crippen LogP contribution in [0.25, 0.3) is 0 Å².